The van der Waals surface area contributed by atoms with Gasteiger partial charge in [0, 0.05) is 20.3 Å². The maximum atomic E-state index is 11.6. The first-order chi connectivity index (χ1) is 11.3. The predicted molar refractivity (Wildman–Crippen MR) is 92.0 cm³/mol. The quantitative estimate of drug-likeness (QED) is 0.544. The minimum absolute atomic E-state index is 0.0303. The summed E-state index contributed by atoms with van der Waals surface area (Å²) in [6.45, 7) is 1.26. The maximum absolute atomic E-state index is 11.6. The molecule has 2 aromatic rings. The average molecular weight is 332 g/mol. The molecule has 2 rings (SSSR count). The summed E-state index contributed by atoms with van der Waals surface area (Å²) in [5.41, 5.74) is 1.09. The van der Waals surface area contributed by atoms with Gasteiger partial charge in [-0.15, -0.1) is 5.10 Å². The first-order valence-corrected chi connectivity index (χ1v) is 8.30. The van der Waals surface area contributed by atoms with E-state index in [-0.39, 0.29) is 5.91 Å². The zero-order valence-corrected chi connectivity index (χ0v) is 13.8. The lowest BCUT2D eigenvalue weighted by Crippen LogP contribution is -2.26. The van der Waals surface area contributed by atoms with Gasteiger partial charge in [-0.05, 0) is 18.1 Å². The molecule has 0 bridgehead atoms. The van der Waals surface area contributed by atoms with Crippen LogP contribution in [0.25, 0.3) is 12.2 Å². The van der Waals surface area contributed by atoms with E-state index in [1.54, 1.807) is 7.11 Å². The van der Waals surface area contributed by atoms with Gasteiger partial charge in [0.05, 0.1) is 5.75 Å². The molecular formula is C16H20N4O2S. The highest BCUT2D eigenvalue weighted by atomic mass is 32.2. The second-order valence-electron chi connectivity index (χ2n) is 4.73. The van der Waals surface area contributed by atoms with Crippen LogP contribution < -0.4 is 5.32 Å². The monoisotopic (exact) mass is 332 g/mol. The zero-order chi connectivity index (χ0) is 16.3. The molecule has 0 aliphatic carbocycles. The van der Waals surface area contributed by atoms with Crippen LogP contribution in [-0.2, 0) is 9.53 Å². The van der Waals surface area contributed by atoms with E-state index in [0.29, 0.717) is 29.9 Å². The van der Waals surface area contributed by atoms with Crippen LogP contribution in [0.3, 0.4) is 0 Å². The van der Waals surface area contributed by atoms with Crippen LogP contribution in [-0.4, -0.2) is 47.1 Å². The molecule has 0 unspecified atom stereocenters. The maximum Gasteiger partial charge on any atom is 0.230 e. The van der Waals surface area contributed by atoms with Crippen molar-refractivity contribution in [1.29, 1.82) is 0 Å². The van der Waals surface area contributed by atoms with Gasteiger partial charge in [0.15, 0.2) is 0 Å². The third-order valence-corrected chi connectivity index (χ3v) is 3.74. The summed E-state index contributed by atoms with van der Waals surface area (Å²) in [5.74, 6) is 0.932. The summed E-state index contributed by atoms with van der Waals surface area (Å²) < 4.78 is 4.92. The lowest BCUT2D eigenvalue weighted by atomic mass is 10.2. The topological polar surface area (TPSA) is 79.9 Å². The highest BCUT2D eigenvalue weighted by Gasteiger charge is 2.06. The molecule has 0 aliphatic heterocycles. The predicted octanol–water partition coefficient (Wildman–Crippen LogP) is 2.22. The normalized spacial score (nSPS) is 11.0. The minimum atomic E-state index is -0.0303. The van der Waals surface area contributed by atoms with Crippen LogP contribution in [0, 0.1) is 0 Å². The van der Waals surface area contributed by atoms with Crippen molar-refractivity contribution in [3.63, 3.8) is 0 Å². The van der Waals surface area contributed by atoms with E-state index in [1.165, 1.54) is 11.8 Å². The molecule has 1 amide bonds. The SMILES string of the molecule is COCCCNC(=O)CSc1n[nH]c(/C=C/c2ccccc2)n1. The number of carbonyl (C=O) groups is 1. The standard InChI is InChI=1S/C16H20N4O2S/c1-22-11-5-10-17-15(21)12-23-16-18-14(19-20-16)9-8-13-6-3-2-4-7-13/h2-4,6-9H,5,10-12H2,1H3,(H,17,21)(H,18,19,20)/b9-8+. The Kier molecular flexibility index (Phi) is 7.35. The van der Waals surface area contributed by atoms with Crippen molar-refractivity contribution in [3.8, 4) is 0 Å². The van der Waals surface area contributed by atoms with Gasteiger partial charge in [0.1, 0.15) is 5.82 Å². The van der Waals surface area contributed by atoms with E-state index >= 15 is 0 Å². The molecule has 1 aromatic carbocycles. The molecule has 0 radical (unpaired) electrons. The highest BCUT2D eigenvalue weighted by Crippen LogP contribution is 2.13. The fourth-order valence-corrected chi connectivity index (χ4v) is 2.40. The van der Waals surface area contributed by atoms with Crippen molar-refractivity contribution >= 4 is 29.8 Å². The van der Waals surface area contributed by atoms with Crippen molar-refractivity contribution < 1.29 is 9.53 Å². The molecule has 0 atom stereocenters. The van der Waals surface area contributed by atoms with Crippen LogP contribution in [0.15, 0.2) is 35.5 Å². The fraction of sp³-hybridized carbons (Fsp3) is 0.312. The molecule has 0 saturated heterocycles. The van der Waals surface area contributed by atoms with Crippen molar-refractivity contribution in [1.82, 2.24) is 20.5 Å². The number of benzene rings is 1. The molecule has 0 spiro atoms. The van der Waals surface area contributed by atoms with Gasteiger partial charge in [-0.25, -0.2) is 4.98 Å². The van der Waals surface area contributed by atoms with Gasteiger partial charge in [-0.3, -0.25) is 9.89 Å². The summed E-state index contributed by atoms with van der Waals surface area (Å²) in [6.07, 6.45) is 4.62. The first-order valence-electron chi connectivity index (χ1n) is 7.32. The molecule has 6 nitrogen and oxygen atoms in total. The number of nitrogens with one attached hydrogen (secondary N) is 2. The third kappa shape index (κ3) is 6.66. The summed E-state index contributed by atoms with van der Waals surface area (Å²) in [6, 6.07) is 9.95. The van der Waals surface area contributed by atoms with E-state index in [1.807, 2.05) is 42.5 Å². The van der Waals surface area contributed by atoms with Crippen LogP contribution in [0.2, 0.25) is 0 Å². The van der Waals surface area contributed by atoms with E-state index in [4.69, 9.17) is 4.74 Å². The van der Waals surface area contributed by atoms with E-state index in [0.717, 1.165) is 12.0 Å². The summed E-state index contributed by atoms with van der Waals surface area (Å²) in [4.78, 5) is 16.0. The number of hydrogen-bond acceptors (Lipinski definition) is 5. The summed E-state index contributed by atoms with van der Waals surface area (Å²) >= 11 is 1.30. The molecule has 2 N–H and O–H groups in total. The van der Waals surface area contributed by atoms with Gasteiger partial charge in [-0.2, -0.15) is 0 Å². The lowest BCUT2D eigenvalue weighted by molar-refractivity contribution is -0.118. The van der Waals surface area contributed by atoms with Crippen molar-refractivity contribution in [2.45, 2.75) is 11.6 Å². The molecule has 0 aliphatic rings. The number of rotatable bonds is 9. The molecular weight excluding hydrogens is 312 g/mol. The fourth-order valence-electron chi connectivity index (χ4n) is 1.76. The Morgan fingerprint density at radius 3 is 2.96 bits per heavy atom. The Labute approximate surface area is 139 Å². The van der Waals surface area contributed by atoms with Gasteiger partial charge in [-0.1, -0.05) is 48.2 Å². The van der Waals surface area contributed by atoms with Crippen molar-refractivity contribution in [2.75, 3.05) is 26.0 Å². The molecule has 7 heteroatoms. The summed E-state index contributed by atoms with van der Waals surface area (Å²) in [7, 11) is 1.64. The molecule has 122 valence electrons. The van der Waals surface area contributed by atoms with Crippen LogP contribution >= 0.6 is 11.8 Å². The Morgan fingerprint density at radius 2 is 2.17 bits per heavy atom. The number of carbonyl (C=O) groups excluding carboxylic acids is 1. The van der Waals surface area contributed by atoms with E-state index in [9.17, 15) is 4.79 Å². The number of methoxy groups -OCH3 is 1. The number of thioether (sulfide) groups is 1. The van der Waals surface area contributed by atoms with Crippen LogP contribution in [0.1, 0.15) is 17.8 Å². The van der Waals surface area contributed by atoms with Gasteiger partial charge in [0.2, 0.25) is 11.1 Å². The molecule has 23 heavy (non-hydrogen) atoms. The number of amides is 1. The molecule has 0 fully saturated rings. The van der Waals surface area contributed by atoms with Crippen molar-refractivity contribution in [2.24, 2.45) is 0 Å². The second kappa shape index (κ2) is 9.81. The second-order valence-corrected chi connectivity index (χ2v) is 5.67. The highest BCUT2D eigenvalue weighted by molar-refractivity contribution is 7.99. The zero-order valence-electron chi connectivity index (χ0n) is 13.0. The molecule has 0 saturated carbocycles. The van der Waals surface area contributed by atoms with Crippen LogP contribution in [0.5, 0.6) is 0 Å². The number of H-pyrrole nitrogens is 1. The van der Waals surface area contributed by atoms with Gasteiger partial charge in [0.25, 0.3) is 0 Å². The lowest BCUT2D eigenvalue weighted by Gasteiger charge is -2.02. The van der Waals surface area contributed by atoms with Gasteiger partial charge >= 0.3 is 0 Å². The third-order valence-electron chi connectivity index (χ3n) is 2.90. The number of ether oxygens (including phenoxy) is 1. The number of aromatic nitrogens is 3. The average Bonchev–Trinajstić information content (AvgIpc) is 3.04. The largest absolute Gasteiger partial charge is 0.385 e. The Morgan fingerprint density at radius 1 is 1.35 bits per heavy atom. The smallest absolute Gasteiger partial charge is 0.230 e. The van der Waals surface area contributed by atoms with Crippen LogP contribution in [0.4, 0.5) is 0 Å². The minimum Gasteiger partial charge on any atom is -0.385 e. The molecule has 1 aromatic heterocycles. The van der Waals surface area contributed by atoms with Crippen molar-refractivity contribution in [3.05, 3.63) is 41.7 Å². The van der Waals surface area contributed by atoms with E-state index < -0.39 is 0 Å². The Hall–Kier alpha value is -2.12. The number of aromatic amines is 1. The Balaban J connectivity index is 1.74. The summed E-state index contributed by atoms with van der Waals surface area (Å²) in [5, 5.41) is 10.3. The van der Waals surface area contributed by atoms with E-state index in [2.05, 4.69) is 20.5 Å². The number of nitrogens with zero attached hydrogens (tertiary/aromatic N) is 2. The van der Waals surface area contributed by atoms with Gasteiger partial charge < -0.3 is 10.1 Å². The number of hydrogen-bond donors (Lipinski definition) is 2. The Bertz CT molecular complexity index is 628. The molecule has 1 heterocycles. The first kappa shape index (κ1) is 17.2.